The van der Waals surface area contributed by atoms with Crippen molar-refractivity contribution >= 4 is 17.8 Å². The third-order valence-electron chi connectivity index (χ3n) is 12.6. The van der Waals surface area contributed by atoms with Gasteiger partial charge in [0.05, 0.1) is 0 Å². The Morgan fingerprint density at radius 1 is 0.426 bits per heavy atom. The van der Waals surface area contributed by atoms with Crippen LogP contribution in [0.3, 0.4) is 0 Å². The normalized spacial score (nSPS) is 14.4. The molecule has 358 valence electrons. The first kappa shape index (κ1) is 58.9. The molecule has 0 bridgehead atoms. The molecular weight excluding hydrogens is 757 g/mol. The number of esters is 2. The first-order valence-electron chi connectivity index (χ1n) is 25.5. The van der Waals surface area contributed by atoms with Crippen LogP contribution in [-0.4, -0.2) is 74.6 Å². The smallest absolute Gasteiger partial charge is 0.306 e. The number of allylic oxidation sites excluding steroid dienone is 2. The number of rotatable bonds is 40. The van der Waals surface area contributed by atoms with Crippen molar-refractivity contribution < 1.29 is 23.9 Å². The van der Waals surface area contributed by atoms with Gasteiger partial charge in [0.25, 0.3) is 0 Å². The van der Waals surface area contributed by atoms with E-state index in [0.717, 1.165) is 61.3 Å². The minimum atomic E-state index is -0.231. The summed E-state index contributed by atoms with van der Waals surface area (Å²) in [6.07, 6.45) is 30.0. The van der Waals surface area contributed by atoms with Crippen LogP contribution in [0.5, 0.6) is 0 Å². The van der Waals surface area contributed by atoms with Gasteiger partial charge in [0.1, 0.15) is 13.2 Å². The zero-order chi connectivity index (χ0) is 45.8. The predicted octanol–water partition coefficient (Wildman–Crippen LogP) is 14.6. The summed E-state index contributed by atoms with van der Waals surface area (Å²) < 4.78 is 11.1. The van der Waals surface area contributed by atoms with Gasteiger partial charge in [-0.25, -0.2) is 0 Å². The number of amides is 1. The highest BCUT2D eigenvalue weighted by molar-refractivity contribution is 5.76. The third kappa shape index (κ3) is 39.2. The van der Waals surface area contributed by atoms with Crippen LogP contribution in [0.25, 0.3) is 0 Å². The Morgan fingerprint density at radius 3 is 1.10 bits per heavy atom. The molecule has 1 amide bonds. The maximum atomic E-state index is 13.1. The third-order valence-corrected chi connectivity index (χ3v) is 12.6. The first-order chi connectivity index (χ1) is 29.0. The SMILES string of the molecule is CC(=CCOC(=O)CCCN(CCCC(=O)OCC=C(C)CCCC(C)CCCC(C)CCCC(C)C)C(=O)CCCN(C)C)CCCC(C)CCCC(C)CCCC(C)C. The van der Waals surface area contributed by atoms with Crippen molar-refractivity contribution in [3.05, 3.63) is 23.3 Å². The number of hydrogen-bond acceptors (Lipinski definition) is 6. The molecule has 0 aliphatic carbocycles. The highest BCUT2D eigenvalue weighted by Gasteiger charge is 2.16. The van der Waals surface area contributed by atoms with Crippen LogP contribution in [0.15, 0.2) is 23.3 Å². The van der Waals surface area contributed by atoms with Crippen molar-refractivity contribution in [2.24, 2.45) is 35.5 Å². The van der Waals surface area contributed by atoms with Crippen LogP contribution in [0, 0.1) is 35.5 Å². The molecule has 0 aromatic heterocycles. The minimum absolute atomic E-state index is 0.0719. The van der Waals surface area contributed by atoms with E-state index in [1.54, 1.807) is 0 Å². The van der Waals surface area contributed by atoms with Crippen LogP contribution >= 0.6 is 0 Å². The molecule has 4 unspecified atom stereocenters. The molecule has 0 rings (SSSR count). The number of nitrogens with zero attached hydrogens (tertiary/aromatic N) is 2. The fourth-order valence-electron chi connectivity index (χ4n) is 8.21. The largest absolute Gasteiger partial charge is 0.461 e. The van der Waals surface area contributed by atoms with Crippen LogP contribution < -0.4 is 0 Å². The monoisotopic (exact) mass is 859 g/mol. The minimum Gasteiger partial charge on any atom is -0.461 e. The summed E-state index contributed by atoms with van der Waals surface area (Å²) in [5.41, 5.74) is 2.55. The summed E-state index contributed by atoms with van der Waals surface area (Å²) >= 11 is 0. The lowest BCUT2D eigenvalue weighted by molar-refractivity contribution is -0.143. The van der Waals surface area contributed by atoms with Crippen LogP contribution in [0.1, 0.15) is 223 Å². The summed E-state index contributed by atoms with van der Waals surface area (Å²) in [7, 11) is 4.01. The Morgan fingerprint density at radius 2 is 0.754 bits per heavy atom. The highest BCUT2D eigenvalue weighted by Crippen LogP contribution is 2.24. The second kappa shape index (κ2) is 38.3. The van der Waals surface area contributed by atoms with E-state index in [1.807, 2.05) is 31.1 Å². The number of hydrogen-bond donors (Lipinski definition) is 0. The van der Waals surface area contributed by atoms with Crippen molar-refractivity contribution in [2.45, 2.75) is 223 Å². The Kier molecular flexibility index (Phi) is 37.0. The van der Waals surface area contributed by atoms with E-state index in [0.29, 0.717) is 45.6 Å². The van der Waals surface area contributed by atoms with E-state index in [-0.39, 0.29) is 30.7 Å². The molecule has 0 saturated heterocycles. The molecule has 0 spiro atoms. The Labute approximate surface area is 379 Å². The molecule has 0 aromatic rings. The van der Waals surface area contributed by atoms with E-state index < -0.39 is 0 Å². The topological polar surface area (TPSA) is 76.1 Å². The fraction of sp³-hybridized carbons (Fsp3) is 0.870. The Balaban J connectivity index is 4.45. The maximum absolute atomic E-state index is 13.1. The number of ether oxygens (including phenoxy) is 2. The molecule has 0 aliphatic rings. The molecule has 61 heavy (non-hydrogen) atoms. The predicted molar refractivity (Wildman–Crippen MR) is 262 cm³/mol. The van der Waals surface area contributed by atoms with Gasteiger partial charge in [-0.15, -0.1) is 0 Å². The maximum Gasteiger partial charge on any atom is 0.306 e. The molecule has 0 N–H and O–H groups in total. The lowest BCUT2D eigenvalue weighted by Gasteiger charge is -2.23. The molecule has 0 aromatic carbocycles. The van der Waals surface area contributed by atoms with Crippen molar-refractivity contribution in [1.82, 2.24) is 9.80 Å². The second-order valence-corrected chi connectivity index (χ2v) is 20.7. The quantitative estimate of drug-likeness (QED) is 0.0451. The average Bonchev–Trinajstić information content (AvgIpc) is 3.16. The number of carbonyl (C=O) groups is 3. The van der Waals surface area contributed by atoms with Gasteiger partial charge in [-0.05, 0) is 127 Å². The van der Waals surface area contributed by atoms with Gasteiger partial charge in [0.15, 0.2) is 0 Å². The van der Waals surface area contributed by atoms with Gasteiger partial charge < -0.3 is 19.3 Å². The lowest BCUT2D eigenvalue weighted by Crippen LogP contribution is -2.34. The molecule has 0 aliphatic heterocycles. The summed E-state index contributed by atoms with van der Waals surface area (Å²) in [5.74, 6) is 4.44. The van der Waals surface area contributed by atoms with Gasteiger partial charge >= 0.3 is 11.9 Å². The Bertz CT molecular complexity index is 1080. The molecule has 0 radical (unpaired) electrons. The molecule has 4 atom stereocenters. The van der Waals surface area contributed by atoms with Crippen molar-refractivity contribution in [3.8, 4) is 0 Å². The summed E-state index contributed by atoms with van der Waals surface area (Å²) in [6, 6.07) is 0. The van der Waals surface area contributed by atoms with E-state index in [2.05, 4.69) is 74.1 Å². The van der Waals surface area contributed by atoms with Crippen LogP contribution in [-0.2, 0) is 23.9 Å². The summed E-state index contributed by atoms with van der Waals surface area (Å²) in [5, 5.41) is 0. The van der Waals surface area contributed by atoms with E-state index in [4.69, 9.17) is 9.47 Å². The average molecular weight is 859 g/mol. The van der Waals surface area contributed by atoms with Crippen molar-refractivity contribution in [2.75, 3.05) is 46.9 Å². The van der Waals surface area contributed by atoms with Crippen LogP contribution in [0.4, 0.5) is 0 Å². The summed E-state index contributed by atoms with van der Waals surface area (Å²) in [4.78, 5) is 42.2. The number of carbonyl (C=O) groups excluding carboxylic acids is 3. The molecule has 0 saturated carbocycles. The fourth-order valence-corrected chi connectivity index (χ4v) is 8.21. The zero-order valence-corrected chi connectivity index (χ0v) is 42.6. The Hall–Kier alpha value is -2.15. The lowest BCUT2D eigenvalue weighted by atomic mass is 9.91. The van der Waals surface area contributed by atoms with Gasteiger partial charge in [-0.2, -0.15) is 0 Å². The first-order valence-corrected chi connectivity index (χ1v) is 25.5. The van der Waals surface area contributed by atoms with E-state index >= 15 is 0 Å². The molecular formula is C54H102N2O5. The molecule has 0 fully saturated rings. The molecule has 7 heteroatoms. The summed E-state index contributed by atoms with van der Waals surface area (Å²) in [6.45, 7) is 25.5. The van der Waals surface area contributed by atoms with Crippen molar-refractivity contribution in [1.29, 1.82) is 0 Å². The van der Waals surface area contributed by atoms with E-state index in [9.17, 15) is 14.4 Å². The van der Waals surface area contributed by atoms with Gasteiger partial charge in [0.2, 0.25) is 5.91 Å². The molecule has 7 nitrogen and oxygen atoms in total. The second-order valence-electron chi connectivity index (χ2n) is 20.7. The highest BCUT2D eigenvalue weighted by atomic mass is 16.5. The van der Waals surface area contributed by atoms with Gasteiger partial charge in [-0.3, -0.25) is 14.4 Å². The zero-order valence-electron chi connectivity index (χ0n) is 42.6. The van der Waals surface area contributed by atoms with Crippen molar-refractivity contribution in [3.63, 3.8) is 0 Å². The van der Waals surface area contributed by atoms with Gasteiger partial charge in [0, 0.05) is 32.4 Å². The van der Waals surface area contributed by atoms with E-state index in [1.165, 1.54) is 114 Å². The van der Waals surface area contributed by atoms with Gasteiger partial charge in [-0.1, -0.05) is 156 Å². The van der Waals surface area contributed by atoms with Crippen LogP contribution in [0.2, 0.25) is 0 Å². The molecule has 0 heterocycles. The standard InChI is InChI=1S/C54H102N2O5/c1-44(2)22-13-24-46(5)26-15-28-48(7)30-17-32-50(9)37-42-60-53(58)35-20-40-56(52(57)34-19-39-55(11)12)41-21-36-54(59)61-43-38-51(10)33-18-31-49(8)29-16-27-47(6)25-14-23-45(3)4/h37-38,44-49H,13-36,39-43H2,1-12H3.